The molecule has 38 heavy (non-hydrogen) atoms. The first kappa shape index (κ1) is 24.6. The summed E-state index contributed by atoms with van der Waals surface area (Å²) in [5, 5.41) is 6.96. The molecule has 0 saturated heterocycles. The molecule has 0 unspecified atom stereocenters. The van der Waals surface area contributed by atoms with Crippen molar-refractivity contribution in [2.45, 2.75) is 6.54 Å². The Balaban J connectivity index is 1.22. The smallest absolute Gasteiger partial charge is 0.278 e. The molecule has 0 fully saturated rings. The maximum absolute atomic E-state index is 12.7. The van der Waals surface area contributed by atoms with Crippen LogP contribution in [0, 0.1) is 0 Å². The summed E-state index contributed by atoms with van der Waals surface area (Å²) in [6, 6.07) is 20.0. The van der Waals surface area contributed by atoms with Gasteiger partial charge >= 0.3 is 0 Å². The predicted molar refractivity (Wildman–Crippen MR) is 141 cm³/mol. The summed E-state index contributed by atoms with van der Waals surface area (Å²) in [7, 11) is 4.70. The zero-order valence-corrected chi connectivity index (χ0v) is 21.0. The van der Waals surface area contributed by atoms with Crippen molar-refractivity contribution in [1.29, 1.82) is 0 Å². The van der Waals surface area contributed by atoms with Crippen molar-refractivity contribution in [3.8, 4) is 40.2 Å². The quantitative estimate of drug-likeness (QED) is 0.296. The van der Waals surface area contributed by atoms with Crippen molar-refractivity contribution in [3.63, 3.8) is 0 Å². The number of carbonyl (C=O) groups excluding carboxylic acids is 1. The molecule has 5 rings (SSSR count). The van der Waals surface area contributed by atoms with Gasteiger partial charge in [0, 0.05) is 35.6 Å². The van der Waals surface area contributed by atoms with Crippen molar-refractivity contribution in [1.82, 2.24) is 19.7 Å². The van der Waals surface area contributed by atoms with Crippen molar-refractivity contribution in [3.05, 3.63) is 90.4 Å². The fourth-order valence-corrected chi connectivity index (χ4v) is 3.79. The summed E-state index contributed by atoms with van der Waals surface area (Å²) in [5.41, 5.74) is 3.53. The summed E-state index contributed by atoms with van der Waals surface area (Å²) < 4.78 is 23.0. The molecule has 0 aliphatic rings. The minimum absolute atomic E-state index is 0.261. The van der Waals surface area contributed by atoms with E-state index in [4.69, 9.17) is 18.7 Å². The summed E-state index contributed by atoms with van der Waals surface area (Å²) in [6.07, 6.45) is 3.55. The standard InChI is InChI=1S/C28H25N5O5/c1-35-22-10-6-19(7-11-22)26-31-28(38-32-26)25-16-33(17-29-25)15-18-4-8-21(9-5-18)30-27(34)20-12-23(36-2)14-24(13-20)37-3/h4-14,16-17H,15H2,1-3H3,(H,30,34). The Morgan fingerprint density at radius 3 is 2.24 bits per heavy atom. The lowest BCUT2D eigenvalue weighted by Crippen LogP contribution is -2.12. The van der Waals surface area contributed by atoms with Crippen molar-refractivity contribution < 1.29 is 23.5 Å². The second-order valence-corrected chi connectivity index (χ2v) is 8.34. The number of nitrogens with zero attached hydrogens (tertiary/aromatic N) is 4. The lowest BCUT2D eigenvalue weighted by atomic mass is 10.1. The fraction of sp³-hybridized carbons (Fsp3) is 0.143. The third-order valence-corrected chi connectivity index (χ3v) is 5.82. The summed E-state index contributed by atoms with van der Waals surface area (Å²) in [6.45, 7) is 0.577. The summed E-state index contributed by atoms with van der Waals surface area (Å²) in [5.74, 6) is 2.39. The largest absolute Gasteiger partial charge is 0.497 e. The SMILES string of the molecule is COc1ccc(-c2noc(-c3cn(Cc4ccc(NC(=O)c5cc(OC)cc(OC)c5)cc4)cn3)n2)cc1. The topological polar surface area (TPSA) is 114 Å². The van der Waals surface area contributed by atoms with Gasteiger partial charge in [-0.3, -0.25) is 4.79 Å². The van der Waals surface area contributed by atoms with Gasteiger partial charge in [-0.1, -0.05) is 17.3 Å². The van der Waals surface area contributed by atoms with Gasteiger partial charge in [0.25, 0.3) is 11.8 Å². The van der Waals surface area contributed by atoms with Gasteiger partial charge in [0.15, 0.2) is 0 Å². The number of carbonyl (C=O) groups is 1. The first-order valence-electron chi connectivity index (χ1n) is 11.7. The molecular formula is C28H25N5O5. The molecule has 0 spiro atoms. The highest BCUT2D eigenvalue weighted by atomic mass is 16.5. The van der Waals surface area contributed by atoms with Crippen molar-refractivity contribution >= 4 is 11.6 Å². The van der Waals surface area contributed by atoms with Gasteiger partial charge in [-0.05, 0) is 54.1 Å². The molecular weight excluding hydrogens is 486 g/mol. The Morgan fingerprint density at radius 2 is 1.58 bits per heavy atom. The molecule has 0 aliphatic heterocycles. The highest BCUT2D eigenvalue weighted by Crippen LogP contribution is 2.25. The van der Waals surface area contributed by atoms with E-state index in [1.165, 1.54) is 0 Å². The van der Waals surface area contributed by atoms with Crippen LogP contribution >= 0.6 is 0 Å². The zero-order chi connectivity index (χ0) is 26.5. The number of aromatic nitrogens is 4. The molecule has 10 nitrogen and oxygen atoms in total. The van der Waals surface area contributed by atoms with Crippen LogP contribution in [0.1, 0.15) is 15.9 Å². The number of anilines is 1. The lowest BCUT2D eigenvalue weighted by molar-refractivity contribution is 0.102. The third-order valence-electron chi connectivity index (χ3n) is 5.82. The number of benzene rings is 3. The van der Waals surface area contributed by atoms with E-state index < -0.39 is 0 Å². The summed E-state index contributed by atoms with van der Waals surface area (Å²) in [4.78, 5) is 21.6. The number of methoxy groups -OCH3 is 3. The normalized spacial score (nSPS) is 10.7. The highest BCUT2D eigenvalue weighted by molar-refractivity contribution is 6.04. The van der Waals surface area contributed by atoms with Crippen molar-refractivity contribution in [2.24, 2.45) is 0 Å². The Kier molecular flexibility index (Phi) is 7.03. The molecule has 2 aromatic heterocycles. The van der Waals surface area contributed by atoms with E-state index in [1.807, 2.05) is 59.3 Å². The van der Waals surface area contributed by atoms with E-state index in [0.29, 0.717) is 46.7 Å². The van der Waals surface area contributed by atoms with Crippen LogP contribution in [0.5, 0.6) is 17.2 Å². The predicted octanol–water partition coefficient (Wildman–Crippen LogP) is 4.93. The van der Waals surface area contributed by atoms with Gasteiger partial charge in [-0.2, -0.15) is 4.98 Å². The molecule has 2 heterocycles. The zero-order valence-electron chi connectivity index (χ0n) is 21.0. The van der Waals surface area contributed by atoms with Gasteiger partial charge < -0.3 is 28.6 Å². The van der Waals surface area contributed by atoms with Crippen LogP contribution in [0.15, 0.2) is 83.8 Å². The molecule has 0 saturated carbocycles. The van der Waals surface area contributed by atoms with E-state index in [2.05, 4.69) is 20.4 Å². The van der Waals surface area contributed by atoms with Gasteiger partial charge in [0.05, 0.1) is 27.7 Å². The Hall–Kier alpha value is -5.12. The average Bonchev–Trinajstić information content (AvgIpc) is 3.64. The third kappa shape index (κ3) is 5.49. The van der Waals surface area contributed by atoms with Gasteiger partial charge in [-0.25, -0.2) is 4.98 Å². The molecule has 0 bridgehead atoms. The maximum atomic E-state index is 12.7. The van der Waals surface area contributed by atoms with E-state index in [1.54, 1.807) is 45.9 Å². The van der Waals surface area contributed by atoms with Crippen LogP contribution in [-0.4, -0.2) is 46.9 Å². The molecule has 3 aromatic carbocycles. The number of hydrogen-bond donors (Lipinski definition) is 1. The summed E-state index contributed by atoms with van der Waals surface area (Å²) >= 11 is 0. The average molecular weight is 512 g/mol. The second-order valence-electron chi connectivity index (χ2n) is 8.34. The molecule has 10 heteroatoms. The molecule has 0 atom stereocenters. The van der Waals surface area contributed by atoms with Crippen LogP contribution in [0.25, 0.3) is 23.0 Å². The molecule has 192 valence electrons. The molecule has 0 aliphatic carbocycles. The monoisotopic (exact) mass is 511 g/mol. The number of nitrogens with one attached hydrogen (secondary N) is 1. The first-order chi connectivity index (χ1) is 18.5. The highest BCUT2D eigenvalue weighted by Gasteiger charge is 2.14. The van der Waals surface area contributed by atoms with Gasteiger partial charge in [0.1, 0.15) is 22.9 Å². The minimum atomic E-state index is -0.261. The van der Waals surface area contributed by atoms with E-state index in [9.17, 15) is 4.79 Å². The van der Waals surface area contributed by atoms with Crippen LogP contribution in [0.4, 0.5) is 5.69 Å². The Morgan fingerprint density at radius 1 is 0.895 bits per heavy atom. The Bertz CT molecular complexity index is 1520. The molecule has 5 aromatic rings. The van der Waals surface area contributed by atoms with E-state index >= 15 is 0 Å². The fourth-order valence-electron chi connectivity index (χ4n) is 3.79. The number of ether oxygens (including phenoxy) is 3. The second kappa shape index (κ2) is 10.9. The molecule has 1 amide bonds. The van der Waals surface area contributed by atoms with E-state index in [-0.39, 0.29) is 5.91 Å². The van der Waals surface area contributed by atoms with Crippen LogP contribution in [-0.2, 0) is 6.54 Å². The number of hydrogen-bond acceptors (Lipinski definition) is 8. The van der Waals surface area contributed by atoms with Gasteiger partial charge in [-0.15, -0.1) is 0 Å². The van der Waals surface area contributed by atoms with Crippen LogP contribution < -0.4 is 19.5 Å². The minimum Gasteiger partial charge on any atom is -0.497 e. The van der Waals surface area contributed by atoms with Crippen LogP contribution in [0.3, 0.4) is 0 Å². The number of rotatable bonds is 9. The maximum Gasteiger partial charge on any atom is 0.278 e. The molecule has 0 radical (unpaired) electrons. The first-order valence-corrected chi connectivity index (χ1v) is 11.7. The van der Waals surface area contributed by atoms with Crippen LogP contribution in [0.2, 0.25) is 0 Å². The van der Waals surface area contributed by atoms with Gasteiger partial charge in [0.2, 0.25) is 5.82 Å². The lowest BCUT2D eigenvalue weighted by Gasteiger charge is -2.10. The number of imidazole rings is 1. The van der Waals surface area contributed by atoms with Crippen molar-refractivity contribution in [2.75, 3.05) is 26.6 Å². The number of amides is 1. The van der Waals surface area contributed by atoms with E-state index in [0.717, 1.165) is 16.9 Å². The Labute approximate surface area is 218 Å². The molecule has 1 N–H and O–H groups in total.